The molecule has 2 heteroatoms. The second-order valence-electron chi connectivity index (χ2n) is 5.42. The number of rotatable bonds is 4. The van der Waals surface area contributed by atoms with E-state index in [0.717, 1.165) is 23.2 Å². The summed E-state index contributed by atoms with van der Waals surface area (Å²) >= 11 is 0. The van der Waals surface area contributed by atoms with E-state index in [2.05, 4.69) is 43.4 Å². The molecule has 2 rings (SSSR count). The zero-order chi connectivity index (χ0) is 14.7. The van der Waals surface area contributed by atoms with Gasteiger partial charge in [-0.2, -0.15) is 0 Å². The number of anilines is 1. The minimum atomic E-state index is 0.261. The maximum Gasteiger partial charge on any atom is 0.123 e. The Morgan fingerprint density at radius 2 is 1.65 bits per heavy atom. The molecule has 2 aromatic carbocycles. The zero-order valence-corrected chi connectivity index (χ0v) is 12.7. The van der Waals surface area contributed by atoms with Gasteiger partial charge in [0, 0.05) is 11.3 Å². The average Bonchev–Trinajstić information content (AvgIpc) is 2.45. The predicted molar refractivity (Wildman–Crippen MR) is 85.4 cm³/mol. The average molecular weight is 269 g/mol. The molecule has 20 heavy (non-hydrogen) atoms. The summed E-state index contributed by atoms with van der Waals surface area (Å²) in [5.41, 5.74) is 5.37. The summed E-state index contributed by atoms with van der Waals surface area (Å²) in [5, 5.41) is 13.6. The first-order valence-electron chi connectivity index (χ1n) is 7.15. The van der Waals surface area contributed by atoms with Gasteiger partial charge < -0.3 is 10.4 Å². The van der Waals surface area contributed by atoms with Gasteiger partial charge >= 0.3 is 0 Å². The Balaban J connectivity index is 2.27. The Morgan fingerprint density at radius 3 is 2.25 bits per heavy atom. The van der Waals surface area contributed by atoms with Crippen molar-refractivity contribution in [2.45, 2.75) is 40.2 Å². The fourth-order valence-corrected chi connectivity index (χ4v) is 2.40. The first-order chi connectivity index (χ1) is 9.52. The Morgan fingerprint density at radius 1 is 1.00 bits per heavy atom. The number of aryl methyl sites for hydroxylation is 2. The standard InChI is InChI=1S/C18H23NO/c1-5-16(15-9-6-12(2)7-10-15)19-17-11-8-13(3)18(20)14(17)4/h6-11,16,19-20H,5H2,1-4H3. The molecule has 2 nitrogen and oxygen atoms in total. The number of aromatic hydroxyl groups is 1. The van der Waals surface area contributed by atoms with Crippen molar-refractivity contribution in [3.63, 3.8) is 0 Å². The van der Waals surface area contributed by atoms with Crippen LogP contribution in [0.1, 0.15) is 41.6 Å². The first-order valence-corrected chi connectivity index (χ1v) is 7.15. The molecule has 2 aromatic rings. The highest BCUT2D eigenvalue weighted by atomic mass is 16.3. The van der Waals surface area contributed by atoms with Crippen molar-refractivity contribution in [3.05, 3.63) is 58.7 Å². The van der Waals surface area contributed by atoms with Crippen LogP contribution >= 0.6 is 0 Å². The normalized spacial score (nSPS) is 12.2. The highest BCUT2D eigenvalue weighted by molar-refractivity contribution is 5.60. The minimum absolute atomic E-state index is 0.261. The fourth-order valence-electron chi connectivity index (χ4n) is 2.40. The molecule has 1 atom stereocenters. The van der Waals surface area contributed by atoms with Crippen molar-refractivity contribution in [1.82, 2.24) is 0 Å². The number of phenols is 1. The lowest BCUT2D eigenvalue weighted by Crippen LogP contribution is -2.10. The van der Waals surface area contributed by atoms with Gasteiger partial charge in [0.05, 0.1) is 6.04 Å². The molecule has 2 N–H and O–H groups in total. The molecule has 1 unspecified atom stereocenters. The molecule has 0 amide bonds. The van der Waals surface area contributed by atoms with Crippen LogP contribution in [-0.4, -0.2) is 5.11 Å². The van der Waals surface area contributed by atoms with Crippen LogP contribution in [0.25, 0.3) is 0 Å². The van der Waals surface area contributed by atoms with Crippen LogP contribution in [0.3, 0.4) is 0 Å². The van der Waals surface area contributed by atoms with Crippen molar-refractivity contribution in [1.29, 1.82) is 0 Å². The van der Waals surface area contributed by atoms with E-state index >= 15 is 0 Å². The molecule has 0 heterocycles. The Labute approximate surface area is 121 Å². The van der Waals surface area contributed by atoms with E-state index in [1.165, 1.54) is 11.1 Å². The quantitative estimate of drug-likeness (QED) is 0.829. The lowest BCUT2D eigenvalue weighted by molar-refractivity contribution is 0.467. The Kier molecular flexibility index (Phi) is 4.33. The summed E-state index contributed by atoms with van der Waals surface area (Å²) in [6.07, 6.45) is 0.997. The third kappa shape index (κ3) is 2.96. The highest BCUT2D eigenvalue weighted by Gasteiger charge is 2.12. The van der Waals surface area contributed by atoms with E-state index in [9.17, 15) is 5.11 Å². The molecule has 0 radical (unpaired) electrons. The number of benzene rings is 2. The van der Waals surface area contributed by atoms with Crippen LogP contribution in [0.5, 0.6) is 5.75 Å². The molecular weight excluding hydrogens is 246 g/mol. The largest absolute Gasteiger partial charge is 0.507 e. The molecule has 106 valence electrons. The summed E-state index contributed by atoms with van der Waals surface area (Å²) in [4.78, 5) is 0. The number of hydrogen-bond donors (Lipinski definition) is 2. The van der Waals surface area contributed by atoms with Crippen molar-refractivity contribution in [3.8, 4) is 5.75 Å². The summed E-state index contributed by atoms with van der Waals surface area (Å²) in [5.74, 6) is 0.383. The summed E-state index contributed by atoms with van der Waals surface area (Å²) in [6.45, 7) is 8.14. The van der Waals surface area contributed by atoms with Gasteiger partial charge in [0.1, 0.15) is 5.75 Å². The van der Waals surface area contributed by atoms with Crippen LogP contribution in [0.2, 0.25) is 0 Å². The number of phenolic OH excluding ortho intramolecular Hbond substituents is 1. The van der Waals surface area contributed by atoms with Gasteiger partial charge in [-0.05, 0) is 44.4 Å². The van der Waals surface area contributed by atoms with Crippen molar-refractivity contribution in [2.75, 3.05) is 5.32 Å². The molecule has 0 aliphatic carbocycles. The lowest BCUT2D eigenvalue weighted by Gasteiger charge is -2.21. The third-order valence-corrected chi connectivity index (χ3v) is 3.85. The minimum Gasteiger partial charge on any atom is -0.507 e. The van der Waals surface area contributed by atoms with Crippen molar-refractivity contribution in [2.24, 2.45) is 0 Å². The molecule has 0 saturated carbocycles. The SMILES string of the molecule is CCC(Nc1ccc(C)c(O)c1C)c1ccc(C)cc1. The summed E-state index contributed by atoms with van der Waals surface area (Å²) in [6, 6.07) is 12.9. The zero-order valence-electron chi connectivity index (χ0n) is 12.7. The topological polar surface area (TPSA) is 32.3 Å². The lowest BCUT2D eigenvalue weighted by atomic mass is 10.0. The van der Waals surface area contributed by atoms with Gasteiger partial charge in [-0.1, -0.05) is 42.8 Å². The first kappa shape index (κ1) is 14.4. The second kappa shape index (κ2) is 6.00. The predicted octanol–water partition coefficient (Wildman–Crippen LogP) is 4.88. The van der Waals surface area contributed by atoms with E-state index in [4.69, 9.17) is 0 Å². The number of nitrogens with one attached hydrogen (secondary N) is 1. The molecule has 0 spiro atoms. The molecule has 0 aromatic heterocycles. The Hall–Kier alpha value is -1.96. The van der Waals surface area contributed by atoms with Gasteiger partial charge in [-0.3, -0.25) is 0 Å². The van der Waals surface area contributed by atoms with Gasteiger partial charge in [0.25, 0.3) is 0 Å². The van der Waals surface area contributed by atoms with E-state index in [-0.39, 0.29) is 6.04 Å². The molecular formula is C18H23NO. The maximum atomic E-state index is 10.0. The maximum absolute atomic E-state index is 10.0. The monoisotopic (exact) mass is 269 g/mol. The van der Waals surface area contributed by atoms with E-state index < -0.39 is 0 Å². The van der Waals surface area contributed by atoms with Gasteiger partial charge in [0.2, 0.25) is 0 Å². The Bertz CT molecular complexity index is 587. The highest BCUT2D eigenvalue weighted by Crippen LogP contribution is 2.31. The van der Waals surface area contributed by atoms with Crippen molar-refractivity contribution >= 4 is 5.69 Å². The number of hydrogen-bond acceptors (Lipinski definition) is 2. The molecule has 0 saturated heterocycles. The summed E-state index contributed by atoms with van der Waals surface area (Å²) in [7, 11) is 0. The molecule has 0 aliphatic heterocycles. The van der Waals surface area contributed by atoms with E-state index in [1.54, 1.807) is 0 Å². The summed E-state index contributed by atoms with van der Waals surface area (Å²) < 4.78 is 0. The molecule has 0 aliphatic rings. The third-order valence-electron chi connectivity index (χ3n) is 3.85. The van der Waals surface area contributed by atoms with Crippen LogP contribution in [0.4, 0.5) is 5.69 Å². The van der Waals surface area contributed by atoms with Gasteiger partial charge in [-0.15, -0.1) is 0 Å². The van der Waals surface area contributed by atoms with Gasteiger partial charge in [0.15, 0.2) is 0 Å². The van der Waals surface area contributed by atoms with Crippen LogP contribution in [0, 0.1) is 20.8 Å². The smallest absolute Gasteiger partial charge is 0.123 e. The van der Waals surface area contributed by atoms with Crippen LogP contribution < -0.4 is 5.32 Å². The second-order valence-corrected chi connectivity index (χ2v) is 5.42. The fraction of sp³-hybridized carbons (Fsp3) is 0.333. The van der Waals surface area contributed by atoms with E-state index in [0.29, 0.717) is 5.75 Å². The van der Waals surface area contributed by atoms with Crippen LogP contribution in [0.15, 0.2) is 36.4 Å². The van der Waals surface area contributed by atoms with E-state index in [1.807, 2.05) is 26.0 Å². The molecule has 0 bridgehead atoms. The molecule has 0 fully saturated rings. The van der Waals surface area contributed by atoms with Crippen molar-refractivity contribution < 1.29 is 5.11 Å². The van der Waals surface area contributed by atoms with Crippen LogP contribution in [-0.2, 0) is 0 Å². The van der Waals surface area contributed by atoms with Gasteiger partial charge in [-0.25, -0.2) is 0 Å².